The van der Waals surface area contributed by atoms with Gasteiger partial charge in [-0.1, -0.05) is 0 Å². The predicted octanol–water partition coefficient (Wildman–Crippen LogP) is -0.663. The van der Waals surface area contributed by atoms with Crippen LogP contribution in [0.25, 0.3) is 0 Å². The summed E-state index contributed by atoms with van der Waals surface area (Å²) >= 11 is 0. The number of carboxylic acids is 3. The second kappa shape index (κ2) is 5.40. The summed E-state index contributed by atoms with van der Waals surface area (Å²) in [6.07, 6.45) is 1.99. The van der Waals surface area contributed by atoms with E-state index in [4.69, 9.17) is 15.3 Å². The van der Waals surface area contributed by atoms with Gasteiger partial charge < -0.3 is 20.4 Å². The molecule has 0 aromatic carbocycles. The van der Waals surface area contributed by atoms with Crippen molar-refractivity contribution < 1.29 is 44.6 Å². The highest BCUT2D eigenvalue weighted by molar-refractivity contribution is 5.91. The fourth-order valence-corrected chi connectivity index (χ4v) is 1.51. The first kappa shape index (κ1) is 14.5. The lowest BCUT2D eigenvalue weighted by Gasteiger charge is -2.29. The molecule has 0 radical (unpaired) electrons. The molecular weight excluding hydrogens is 264 g/mol. The molecule has 0 fully saturated rings. The molecule has 0 saturated heterocycles. The second-order valence-corrected chi connectivity index (χ2v) is 3.65. The van der Waals surface area contributed by atoms with E-state index < -0.39 is 41.6 Å². The van der Waals surface area contributed by atoms with Gasteiger partial charge in [0.2, 0.25) is 0 Å². The molecule has 2 atom stereocenters. The fraction of sp³-hybridized carbons (Fsp3) is 0.300. The quantitative estimate of drug-likeness (QED) is 0.462. The molecule has 0 aliphatic carbocycles. The lowest BCUT2D eigenvalue weighted by atomic mass is 9.82. The molecule has 2 unspecified atom stereocenters. The number of carboxylic acid groups (broad SMARTS) is 3. The number of hydrogen-bond donors (Lipinski definition) is 4. The Kier molecular flexibility index (Phi) is 4.12. The van der Waals surface area contributed by atoms with Gasteiger partial charge in [0, 0.05) is 0 Å². The summed E-state index contributed by atoms with van der Waals surface area (Å²) < 4.78 is 0. The summed E-state index contributed by atoms with van der Waals surface area (Å²) in [4.78, 5) is 41.5. The molecule has 9 nitrogen and oxygen atoms in total. The fourth-order valence-electron chi connectivity index (χ4n) is 1.51. The monoisotopic (exact) mass is 274 g/mol. The molecule has 0 saturated carbocycles. The van der Waals surface area contributed by atoms with E-state index in [9.17, 15) is 19.5 Å². The normalized spacial score (nSPS) is 18.3. The highest BCUT2D eigenvalue weighted by atomic mass is 17.2. The first-order valence-electron chi connectivity index (χ1n) is 4.89. The predicted molar refractivity (Wildman–Crippen MR) is 55.4 cm³/mol. The second-order valence-electron chi connectivity index (χ2n) is 3.65. The van der Waals surface area contributed by atoms with E-state index in [0.29, 0.717) is 0 Å². The average Bonchev–Trinajstić information content (AvgIpc) is 2.28. The van der Waals surface area contributed by atoms with Crippen LogP contribution >= 0.6 is 0 Å². The third-order valence-corrected chi connectivity index (χ3v) is 2.34. The molecule has 0 amide bonds. The molecule has 104 valence electrons. The molecule has 0 bridgehead atoms. The molecule has 1 aliphatic heterocycles. The van der Waals surface area contributed by atoms with Gasteiger partial charge in [0.25, 0.3) is 0 Å². The molecule has 0 spiro atoms. The molecular formula is C10H10O9. The van der Waals surface area contributed by atoms with Crippen LogP contribution in [0.15, 0.2) is 24.2 Å². The SMILES string of the molecule is O=C(O)CC(O)(C(=O)O)C(C(=O)O)C1=CC=COO1. The molecule has 1 rings (SSSR count). The van der Waals surface area contributed by atoms with Gasteiger partial charge >= 0.3 is 17.9 Å². The smallest absolute Gasteiger partial charge is 0.337 e. The first-order valence-corrected chi connectivity index (χ1v) is 4.89. The van der Waals surface area contributed by atoms with Crippen molar-refractivity contribution in [1.29, 1.82) is 0 Å². The zero-order valence-electron chi connectivity index (χ0n) is 9.35. The molecule has 1 aliphatic rings. The van der Waals surface area contributed by atoms with Crippen molar-refractivity contribution >= 4 is 17.9 Å². The van der Waals surface area contributed by atoms with Crippen LogP contribution in [-0.4, -0.2) is 43.9 Å². The van der Waals surface area contributed by atoms with Crippen LogP contribution in [0.3, 0.4) is 0 Å². The maximum atomic E-state index is 11.1. The summed E-state index contributed by atoms with van der Waals surface area (Å²) in [6, 6.07) is 0. The van der Waals surface area contributed by atoms with Crippen LogP contribution in [0.5, 0.6) is 0 Å². The van der Waals surface area contributed by atoms with Crippen LogP contribution in [0, 0.1) is 5.92 Å². The van der Waals surface area contributed by atoms with Gasteiger partial charge in [-0.05, 0) is 12.2 Å². The van der Waals surface area contributed by atoms with Gasteiger partial charge in [-0.25, -0.2) is 4.79 Å². The standard InChI is InChI=1S/C10H10O9/c11-6(12)4-10(17,9(15)16)7(8(13)14)5-2-1-3-18-19-5/h1-3,7,17H,4H2,(H,11,12)(H,13,14)(H,15,16). The minimum absolute atomic E-state index is 0.527. The van der Waals surface area contributed by atoms with Crippen molar-refractivity contribution in [3.05, 3.63) is 24.2 Å². The Labute approximate surface area is 105 Å². The van der Waals surface area contributed by atoms with Crippen molar-refractivity contribution in [3.63, 3.8) is 0 Å². The maximum absolute atomic E-state index is 11.1. The summed E-state index contributed by atoms with van der Waals surface area (Å²) in [5, 5.41) is 36.4. The maximum Gasteiger partial charge on any atom is 0.337 e. The van der Waals surface area contributed by atoms with Crippen LogP contribution in [0.4, 0.5) is 0 Å². The van der Waals surface area contributed by atoms with Crippen molar-refractivity contribution in [3.8, 4) is 0 Å². The van der Waals surface area contributed by atoms with Gasteiger partial charge in [0.15, 0.2) is 17.3 Å². The van der Waals surface area contributed by atoms with Crippen LogP contribution in [0.1, 0.15) is 6.42 Å². The molecule has 0 aromatic rings. The highest BCUT2D eigenvalue weighted by Crippen LogP contribution is 2.31. The Hall–Kier alpha value is -2.55. The van der Waals surface area contributed by atoms with E-state index in [0.717, 1.165) is 12.3 Å². The minimum Gasteiger partial charge on any atom is -0.481 e. The number of aliphatic hydroxyl groups is 1. The van der Waals surface area contributed by atoms with Gasteiger partial charge in [0.05, 0.1) is 6.42 Å². The van der Waals surface area contributed by atoms with Crippen molar-refractivity contribution in [2.45, 2.75) is 12.0 Å². The van der Waals surface area contributed by atoms with Crippen LogP contribution in [-0.2, 0) is 24.2 Å². The number of hydrogen-bond acceptors (Lipinski definition) is 6. The largest absolute Gasteiger partial charge is 0.481 e. The Balaban J connectivity index is 3.24. The van der Waals surface area contributed by atoms with Crippen molar-refractivity contribution in [2.24, 2.45) is 5.92 Å². The highest BCUT2D eigenvalue weighted by Gasteiger charge is 2.53. The van der Waals surface area contributed by atoms with Crippen LogP contribution < -0.4 is 0 Å². The summed E-state index contributed by atoms with van der Waals surface area (Å²) in [5.41, 5.74) is -3.07. The van der Waals surface area contributed by atoms with Gasteiger partial charge in [-0.2, -0.15) is 0 Å². The van der Waals surface area contributed by atoms with E-state index in [2.05, 4.69) is 9.78 Å². The third kappa shape index (κ3) is 3.01. The lowest BCUT2D eigenvalue weighted by molar-refractivity contribution is -0.234. The molecule has 0 aromatic heterocycles. The van der Waals surface area contributed by atoms with Gasteiger partial charge in [-0.15, -0.1) is 0 Å². The topological polar surface area (TPSA) is 151 Å². The Bertz CT molecular complexity index is 464. The number of aliphatic carboxylic acids is 3. The van der Waals surface area contributed by atoms with Gasteiger partial charge in [-0.3, -0.25) is 19.4 Å². The lowest BCUT2D eigenvalue weighted by Crippen LogP contribution is -2.51. The van der Waals surface area contributed by atoms with Crippen LogP contribution in [0.2, 0.25) is 0 Å². The molecule has 4 N–H and O–H groups in total. The number of carbonyl (C=O) groups is 3. The van der Waals surface area contributed by atoms with E-state index in [-0.39, 0.29) is 0 Å². The molecule has 9 heteroatoms. The third-order valence-electron chi connectivity index (χ3n) is 2.34. The number of rotatable bonds is 6. The number of allylic oxidation sites excluding steroid dienone is 2. The zero-order chi connectivity index (χ0) is 14.6. The average molecular weight is 274 g/mol. The summed E-state index contributed by atoms with van der Waals surface area (Å²) in [7, 11) is 0. The van der Waals surface area contributed by atoms with Gasteiger partial charge in [0.1, 0.15) is 6.26 Å². The van der Waals surface area contributed by atoms with E-state index >= 15 is 0 Å². The van der Waals surface area contributed by atoms with Crippen molar-refractivity contribution in [2.75, 3.05) is 0 Å². The van der Waals surface area contributed by atoms with Crippen molar-refractivity contribution in [1.82, 2.24) is 0 Å². The first-order chi connectivity index (χ1) is 8.79. The zero-order valence-corrected chi connectivity index (χ0v) is 9.35. The van der Waals surface area contributed by atoms with E-state index in [1.165, 1.54) is 6.08 Å². The molecule has 1 heterocycles. The Morgan fingerprint density at radius 3 is 2.26 bits per heavy atom. The Morgan fingerprint density at radius 2 is 1.89 bits per heavy atom. The summed E-state index contributed by atoms with van der Waals surface area (Å²) in [5.74, 6) is -8.10. The van der Waals surface area contributed by atoms with E-state index in [1.807, 2.05) is 0 Å². The summed E-state index contributed by atoms with van der Waals surface area (Å²) in [6.45, 7) is 0. The minimum atomic E-state index is -3.07. The Morgan fingerprint density at radius 1 is 1.26 bits per heavy atom. The molecule has 19 heavy (non-hydrogen) atoms. The van der Waals surface area contributed by atoms with E-state index in [1.54, 1.807) is 0 Å².